The predicted molar refractivity (Wildman–Crippen MR) is 161 cm³/mol. The molecule has 0 fully saturated rings. The number of benzene rings is 2. The first kappa shape index (κ1) is 30.0. The third-order valence-corrected chi connectivity index (χ3v) is 6.85. The maximum atomic E-state index is 15.4. The van der Waals surface area contributed by atoms with Gasteiger partial charge in [-0.3, -0.25) is 14.0 Å². The van der Waals surface area contributed by atoms with Crippen LogP contribution in [0.4, 0.5) is 20.3 Å². The number of nitrogens with zero attached hydrogens (tertiary/aromatic N) is 4. The lowest BCUT2D eigenvalue weighted by Gasteiger charge is -2.12. The van der Waals surface area contributed by atoms with Crippen LogP contribution in [-0.2, 0) is 6.42 Å². The van der Waals surface area contributed by atoms with Crippen LogP contribution in [-0.4, -0.2) is 51.3 Å². The maximum Gasteiger partial charge on any atom is 0.252 e. The summed E-state index contributed by atoms with van der Waals surface area (Å²) in [6.45, 7) is 2.84. The molecule has 5 N–H and O–H groups in total. The highest BCUT2D eigenvalue weighted by Gasteiger charge is 2.20. The van der Waals surface area contributed by atoms with Crippen LogP contribution in [0.3, 0.4) is 0 Å². The van der Waals surface area contributed by atoms with Crippen molar-refractivity contribution in [2.45, 2.75) is 19.8 Å². The lowest BCUT2D eigenvalue weighted by atomic mass is 10.0. The number of ether oxygens (including phenoxy) is 1. The minimum absolute atomic E-state index is 0.0132. The standard InChI is InChI=1S/C31H30F2N8O3/c1-3-18-15-20(6-7-21(18)31(43)35-2)40-28-29-39-17-23(41(29)14-13-36-28)22-8-9-24(27(33)26(22)32)44-25-10-5-19(16-38-25)30(42)37-12-4-11-34/h5-10,13-17H,3-4,11-12,34H2,1-2H3,(H,35,43)(H,36,40)(H,37,42). The van der Waals surface area contributed by atoms with E-state index in [1.54, 1.807) is 29.8 Å². The van der Waals surface area contributed by atoms with E-state index in [1.165, 1.54) is 42.9 Å². The third kappa shape index (κ3) is 6.17. The van der Waals surface area contributed by atoms with E-state index in [0.717, 1.165) is 5.56 Å². The van der Waals surface area contributed by atoms with Gasteiger partial charge in [-0.1, -0.05) is 6.92 Å². The topological polar surface area (TPSA) is 149 Å². The summed E-state index contributed by atoms with van der Waals surface area (Å²) in [7, 11) is 1.58. The van der Waals surface area contributed by atoms with Gasteiger partial charge in [0.15, 0.2) is 23.0 Å². The fourth-order valence-electron chi connectivity index (χ4n) is 4.57. The number of fused-ring (bicyclic) bond motifs is 1. The van der Waals surface area contributed by atoms with E-state index in [9.17, 15) is 9.59 Å². The molecule has 0 aliphatic rings. The van der Waals surface area contributed by atoms with E-state index in [2.05, 4.69) is 30.9 Å². The van der Waals surface area contributed by atoms with Gasteiger partial charge in [0.1, 0.15) is 0 Å². The van der Waals surface area contributed by atoms with Crippen molar-refractivity contribution in [3.63, 3.8) is 0 Å². The molecule has 2 amide bonds. The summed E-state index contributed by atoms with van der Waals surface area (Å²) in [5.74, 6) is -2.85. The Balaban J connectivity index is 1.37. The van der Waals surface area contributed by atoms with E-state index in [1.807, 2.05) is 13.0 Å². The Morgan fingerprint density at radius 3 is 2.57 bits per heavy atom. The number of carbonyl (C=O) groups is 2. The fourth-order valence-corrected chi connectivity index (χ4v) is 4.57. The highest BCUT2D eigenvalue weighted by Crippen LogP contribution is 2.33. The van der Waals surface area contributed by atoms with Crippen molar-refractivity contribution < 1.29 is 23.1 Å². The molecular weight excluding hydrogens is 570 g/mol. The van der Waals surface area contributed by atoms with Gasteiger partial charge >= 0.3 is 0 Å². The molecule has 0 aliphatic heterocycles. The molecule has 0 bridgehead atoms. The smallest absolute Gasteiger partial charge is 0.252 e. The number of carbonyl (C=O) groups excluding carboxylic acids is 2. The number of nitrogens with one attached hydrogen (secondary N) is 3. The second-order valence-corrected chi connectivity index (χ2v) is 9.67. The van der Waals surface area contributed by atoms with Gasteiger partial charge in [-0.25, -0.2) is 19.3 Å². The van der Waals surface area contributed by atoms with Gasteiger partial charge < -0.3 is 26.4 Å². The molecule has 0 saturated carbocycles. The number of rotatable bonds is 11. The number of aryl methyl sites for hydroxylation is 1. The summed E-state index contributed by atoms with van der Waals surface area (Å²) in [5.41, 5.74) is 8.46. The number of aromatic nitrogens is 4. The van der Waals surface area contributed by atoms with Crippen molar-refractivity contribution in [2.75, 3.05) is 25.5 Å². The Labute approximate surface area is 251 Å². The summed E-state index contributed by atoms with van der Waals surface area (Å²) in [6, 6.07) is 10.9. The Bertz CT molecular complexity index is 1830. The van der Waals surface area contributed by atoms with Crippen LogP contribution in [0, 0.1) is 11.6 Å². The van der Waals surface area contributed by atoms with Gasteiger partial charge in [0, 0.05) is 55.1 Å². The maximum absolute atomic E-state index is 15.4. The molecule has 5 rings (SSSR count). The lowest BCUT2D eigenvalue weighted by Crippen LogP contribution is -2.25. The van der Waals surface area contributed by atoms with Gasteiger partial charge in [0.05, 0.1) is 17.5 Å². The molecule has 0 unspecified atom stereocenters. The summed E-state index contributed by atoms with van der Waals surface area (Å²) >= 11 is 0. The molecule has 2 aromatic carbocycles. The average Bonchev–Trinajstić information content (AvgIpc) is 3.48. The van der Waals surface area contributed by atoms with Crippen LogP contribution in [0.5, 0.6) is 11.6 Å². The molecule has 0 aliphatic carbocycles. The molecule has 5 aromatic rings. The molecular formula is C31H30F2N8O3. The molecule has 44 heavy (non-hydrogen) atoms. The zero-order valence-electron chi connectivity index (χ0n) is 24.0. The van der Waals surface area contributed by atoms with Gasteiger partial charge in [-0.2, -0.15) is 4.39 Å². The van der Waals surface area contributed by atoms with Crippen LogP contribution in [0.25, 0.3) is 16.9 Å². The van der Waals surface area contributed by atoms with Crippen molar-refractivity contribution in [2.24, 2.45) is 5.73 Å². The van der Waals surface area contributed by atoms with Crippen LogP contribution in [0.2, 0.25) is 0 Å². The molecule has 3 heterocycles. The number of imidazole rings is 1. The minimum atomic E-state index is -1.21. The number of halogens is 2. The minimum Gasteiger partial charge on any atom is -0.436 e. The van der Waals surface area contributed by atoms with Crippen LogP contribution in [0.1, 0.15) is 39.6 Å². The van der Waals surface area contributed by atoms with Crippen molar-refractivity contribution in [3.05, 3.63) is 95.6 Å². The molecule has 0 radical (unpaired) electrons. The van der Waals surface area contributed by atoms with E-state index in [0.29, 0.717) is 59.9 Å². The number of amides is 2. The quantitative estimate of drug-likeness (QED) is 0.161. The second-order valence-electron chi connectivity index (χ2n) is 9.67. The van der Waals surface area contributed by atoms with Gasteiger partial charge in [0.25, 0.3) is 11.8 Å². The summed E-state index contributed by atoms with van der Waals surface area (Å²) < 4.78 is 37.6. The monoisotopic (exact) mass is 600 g/mol. The van der Waals surface area contributed by atoms with Gasteiger partial charge in [0.2, 0.25) is 11.7 Å². The fraction of sp³-hybridized carbons (Fsp3) is 0.194. The Kier molecular flexibility index (Phi) is 9.05. The number of hydrogen-bond acceptors (Lipinski definition) is 8. The normalized spacial score (nSPS) is 10.9. The SMILES string of the molecule is CCc1cc(Nc2nccn3c(-c4ccc(Oc5ccc(C(=O)NCCCN)cn5)c(F)c4F)cnc23)ccc1C(=O)NC. The first-order valence-corrected chi connectivity index (χ1v) is 13.9. The predicted octanol–water partition coefficient (Wildman–Crippen LogP) is 4.61. The largest absolute Gasteiger partial charge is 0.436 e. The molecule has 0 spiro atoms. The molecule has 3 aromatic heterocycles. The first-order chi connectivity index (χ1) is 21.3. The third-order valence-electron chi connectivity index (χ3n) is 6.85. The van der Waals surface area contributed by atoms with Crippen molar-refractivity contribution in [3.8, 4) is 22.9 Å². The van der Waals surface area contributed by atoms with E-state index in [4.69, 9.17) is 10.5 Å². The average molecular weight is 601 g/mol. The number of pyridine rings is 1. The van der Waals surface area contributed by atoms with Crippen LogP contribution in [0.15, 0.2) is 67.3 Å². The van der Waals surface area contributed by atoms with E-state index < -0.39 is 11.6 Å². The summed E-state index contributed by atoms with van der Waals surface area (Å²) in [4.78, 5) is 37.1. The lowest BCUT2D eigenvalue weighted by molar-refractivity contribution is 0.0948. The molecule has 226 valence electrons. The molecule has 0 saturated heterocycles. The van der Waals surface area contributed by atoms with Gasteiger partial charge in [-0.15, -0.1) is 0 Å². The van der Waals surface area contributed by atoms with Crippen LogP contribution < -0.4 is 26.4 Å². The summed E-state index contributed by atoms with van der Waals surface area (Å²) in [6.07, 6.45) is 7.09. The van der Waals surface area contributed by atoms with E-state index >= 15 is 8.78 Å². The number of nitrogens with two attached hydrogens (primary N) is 1. The zero-order chi connectivity index (χ0) is 31.2. The number of anilines is 2. The van der Waals surface area contributed by atoms with Gasteiger partial charge in [-0.05, 0) is 61.3 Å². The van der Waals surface area contributed by atoms with Crippen molar-refractivity contribution in [1.82, 2.24) is 30.0 Å². The van der Waals surface area contributed by atoms with Crippen molar-refractivity contribution >= 4 is 29.0 Å². The van der Waals surface area contributed by atoms with E-state index in [-0.39, 0.29) is 29.0 Å². The Morgan fingerprint density at radius 2 is 1.84 bits per heavy atom. The zero-order valence-corrected chi connectivity index (χ0v) is 24.0. The highest BCUT2D eigenvalue weighted by molar-refractivity contribution is 5.96. The molecule has 0 atom stereocenters. The summed E-state index contributed by atoms with van der Waals surface area (Å²) in [5, 5.41) is 8.55. The second kappa shape index (κ2) is 13.3. The van der Waals surface area contributed by atoms with Crippen molar-refractivity contribution in [1.29, 1.82) is 0 Å². The highest BCUT2D eigenvalue weighted by atomic mass is 19.2. The number of hydrogen-bond donors (Lipinski definition) is 4. The Hall–Kier alpha value is -5.43. The molecule has 11 nitrogen and oxygen atoms in total. The Morgan fingerprint density at radius 1 is 1.00 bits per heavy atom. The first-order valence-electron chi connectivity index (χ1n) is 13.9. The molecule has 13 heteroatoms. The van der Waals surface area contributed by atoms with Crippen LogP contribution >= 0.6 is 0 Å².